The Morgan fingerprint density at radius 2 is 2.00 bits per heavy atom. The van der Waals surface area contributed by atoms with E-state index < -0.39 is 22.7 Å². The van der Waals surface area contributed by atoms with Gasteiger partial charge < -0.3 is 14.2 Å². The number of methoxy groups -OCH3 is 1. The molecule has 3 rings (SSSR count). The highest BCUT2D eigenvalue weighted by Crippen LogP contribution is 2.38. The Kier molecular flexibility index (Phi) is 8.98. The van der Waals surface area contributed by atoms with E-state index in [1.807, 2.05) is 13.8 Å². The van der Waals surface area contributed by atoms with E-state index in [-0.39, 0.29) is 35.1 Å². The molecule has 0 aliphatic rings. The summed E-state index contributed by atoms with van der Waals surface area (Å²) < 4.78 is 17.7. The highest BCUT2D eigenvalue weighted by Gasteiger charge is 2.27. The molecule has 0 saturated carbocycles. The van der Waals surface area contributed by atoms with E-state index in [1.165, 1.54) is 37.1 Å². The van der Waals surface area contributed by atoms with Crippen LogP contribution in [-0.2, 0) is 9.53 Å². The molecule has 196 valence electrons. The highest BCUT2D eigenvalue weighted by molar-refractivity contribution is 9.10. The molecule has 2 aromatic carbocycles. The number of halogens is 1. The van der Waals surface area contributed by atoms with Crippen molar-refractivity contribution >= 4 is 44.7 Å². The number of rotatable bonds is 10. The van der Waals surface area contributed by atoms with E-state index in [1.54, 1.807) is 25.1 Å². The smallest absolute Gasteiger partial charge is 0.347 e. The van der Waals surface area contributed by atoms with Gasteiger partial charge in [-0.2, -0.15) is 9.78 Å². The summed E-state index contributed by atoms with van der Waals surface area (Å²) in [4.78, 5) is 41.2. The summed E-state index contributed by atoms with van der Waals surface area (Å²) in [6, 6.07) is 7.91. The zero-order chi connectivity index (χ0) is 27.3. The van der Waals surface area contributed by atoms with Crippen molar-refractivity contribution in [2.75, 3.05) is 13.7 Å². The molecule has 0 saturated heterocycles. The van der Waals surface area contributed by atoms with E-state index in [0.29, 0.717) is 23.1 Å². The molecule has 0 unspecified atom stereocenters. The monoisotopic (exact) mass is 574 g/mol. The van der Waals surface area contributed by atoms with Crippen LogP contribution >= 0.6 is 15.9 Å². The first-order chi connectivity index (χ1) is 17.6. The molecule has 0 aliphatic carbocycles. The Morgan fingerprint density at radius 3 is 2.62 bits per heavy atom. The Hall–Kier alpha value is -3.80. The van der Waals surface area contributed by atoms with Crippen molar-refractivity contribution in [1.82, 2.24) is 9.66 Å². The minimum absolute atomic E-state index is 0.0156. The van der Waals surface area contributed by atoms with Crippen molar-refractivity contribution in [3.63, 3.8) is 0 Å². The van der Waals surface area contributed by atoms with Gasteiger partial charge in [-0.25, -0.2) is 9.78 Å². The fourth-order valence-electron chi connectivity index (χ4n) is 3.48. The molecule has 0 radical (unpaired) electrons. The molecule has 0 fully saturated rings. The zero-order valence-corrected chi connectivity index (χ0v) is 22.6. The number of nitro benzene ring substituents is 1. The number of carbonyl (C=O) groups is 1. The number of fused-ring (bicyclic) bond motifs is 1. The van der Waals surface area contributed by atoms with Gasteiger partial charge in [0.15, 0.2) is 11.9 Å². The molecule has 0 spiro atoms. The molecule has 0 bridgehead atoms. The lowest BCUT2D eigenvalue weighted by molar-refractivity contribution is -0.386. The van der Waals surface area contributed by atoms with Gasteiger partial charge in [-0.3, -0.25) is 14.9 Å². The summed E-state index contributed by atoms with van der Waals surface area (Å²) in [6.07, 6.45) is 0.924. The minimum atomic E-state index is -1.10. The molecular weight excluding hydrogens is 548 g/mol. The summed E-state index contributed by atoms with van der Waals surface area (Å²) in [6.45, 7) is 7.11. The molecule has 0 amide bonds. The molecule has 11 nitrogen and oxygen atoms in total. The highest BCUT2D eigenvalue weighted by atomic mass is 79.9. The van der Waals surface area contributed by atoms with Crippen molar-refractivity contribution in [1.29, 1.82) is 0 Å². The predicted octanol–water partition coefficient (Wildman–Crippen LogP) is 4.80. The number of carbonyl (C=O) groups excluding carboxylic acids is 1. The quantitative estimate of drug-likeness (QED) is 0.146. The van der Waals surface area contributed by atoms with E-state index >= 15 is 0 Å². The maximum Gasteiger partial charge on any atom is 0.347 e. The third kappa shape index (κ3) is 6.13. The van der Waals surface area contributed by atoms with E-state index in [2.05, 4.69) is 26.0 Å². The first-order valence-corrected chi connectivity index (χ1v) is 12.4. The van der Waals surface area contributed by atoms with Crippen LogP contribution in [0.15, 0.2) is 44.7 Å². The van der Waals surface area contributed by atoms with Gasteiger partial charge in [0, 0.05) is 22.0 Å². The second kappa shape index (κ2) is 12.0. The predicted molar refractivity (Wildman–Crippen MR) is 142 cm³/mol. The zero-order valence-electron chi connectivity index (χ0n) is 21.1. The minimum Gasteiger partial charge on any atom is -0.493 e. The van der Waals surface area contributed by atoms with Gasteiger partial charge in [0.05, 0.1) is 35.8 Å². The van der Waals surface area contributed by atoms with Crippen LogP contribution in [0.2, 0.25) is 0 Å². The van der Waals surface area contributed by atoms with E-state index in [9.17, 15) is 19.7 Å². The second-order valence-corrected chi connectivity index (χ2v) is 9.06. The molecule has 1 heterocycles. The summed E-state index contributed by atoms with van der Waals surface area (Å²) in [5.74, 6) is -0.496. The van der Waals surface area contributed by atoms with Crippen LogP contribution in [0.3, 0.4) is 0 Å². The summed E-state index contributed by atoms with van der Waals surface area (Å²) in [7, 11) is 1.32. The summed E-state index contributed by atoms with van der Waals surface area (Å²) in [5, 5.41) is 16.6. The number of aromatic nitrogens is 2. The van der Waals surface area contributed by atoms with Crippen LogP contribution in [0.1, 0.15) is 51.4 Å². The number of benzene rings is 2. The topological polar surface area (TPSA) is 135 Å². The van der Waals surface area contributed by atoms with E-state index in [4.69, 9.17) is 14.2 Å². The van der Waals surface area contributed by atoms with Crippen molar-refractivity contribution < 1.29 is 23.9 Å². The fourth-order valence-corrected chi connectivity index (χ4v) is 3.84. The number of nitro groups is 1. The summed E-state index contributed by atoms with van der Waals surface area (Å²) >= 11 is 3.37. The molecule has 12 heteroatoms. The van der Waals surface area contributed by atoms with Gasteiger partial charge in [-0.15, -0.1) is 0 Å². The van der Waals surface area contributed by atoms with Gasteiger partial charge in [-0.1, -0.05) is 29.8 Å². The van der Waals surface area contributed by atoms with Crippen molar-refractivity contribution in [2.45, 2.75) is 46.1 Å². The van der Waals surface area contributed by atoms with Gasteiger partial charge >= 0.3 is 11.7 Å². The second-order valence-electron chi connectivity index (χ2n) is 8.14. The lowest BCUT2D eigenvalue weighted by atomic mass is 10.1. The lowest BCUT2D eigenvalue weighted by Crippen LogP contribution is -2.26. The van der Waals surface area contributed by atoms with Crippen molar-refractivity contribution in [3.8, 4) is 11.5 Å². The third-order valence-electron chi connectivity index (χ3n) is 5.60. The fraction of sp³-hybridized carbons (Fsp3) is 0.360. The van der Waals surface area contributed by atoms with Crippen LogP contribution < -0.4 is 15.0 Å². The van der Waals surface area contributed by atoms with Gasteiger partial charge in [0.2, 0.25) is 5.75 Å². The first-order valence-electron chi connectivity index (χ1n) is 11.6. The third-order valence-corrected chi connectivity index (χ3v) is 6.09. The maximum absolute atomic E-state index is 13.3. The number of hydrogen-bond donors (Lipinski definition) is 0. The molecule has 2 atom stereocenters. The van der Waals surface area contributed by atoms with Crippen LogP contribution in [0.5, 0.6) is 11.5 Å². The number of esters is 1. The molecular formula is C25H27BrN4O7. The Balaban J connectivity index is 2.12. The van der Waals surface area contributed by atoms with Crippen molar-refractivity contribution in [3.05, 3.63) is 66.7 Å². The van der Waals surface area contributed by atoms with Crippen LogP contribution in [0, 0.1) is 10.1 Å². The van der Waals surface area contributed by atoms with Gasteiger partial charge in [0.25, 0.3) is 5.56 Å². The SMILES string of the molecule is CCOC(=O)[C@H](C)Oc1c(OC)cc(C=Nn2c([C@H](C)CC)nc3ccc(Br)cc3c2=O)cc1[N+](=O)[O-]. The number of hydrogen-bond acceptors (Lipinski definition) is 9. The normalized spacial score (nSPS) is 12.9. The first kappa shape index (κ1) is 27.8. The van der Waals surface area contributed by atoms with Crippen LogP contribution in [-0.4, -0.2) is 46.6 Å². The van der Waals surface area contributed by atoms with Crippen LogP contribution in [0.25, 0.3) is 10.9 Å². The average molecular weight is 575 g/mol. The Bertz CT molecular complexity index is 1420. The number of ether oxygens (including phenoxy) is 3. The van der Waals surface area contributed by atoms with Gasteiger partial charge in [0.1, 0.15) is 5.82 Å². The largest absolute Gasteiger partial charge is 0.493 e. The molecule has 3 aromatic rings. The Labute approximate surface area is 221 Å². The molecule has 1 aromatic heterocycles. The standard InChI is InChI=1S/C25H27BrN4O7/c1-6-14(3)23-28-19-9-8-17(26)12-18(19)24(31)29(23)27-13-16-10-20(30(33)34)22(21(11-16)35-5)37-15(4)25(32)36-7-2/h8-15H,6-7H2,1-5H3/t14-,15+/m1/s1. The Morgan fingerprint density at radius 1 is 1.27 bits per heavy atom. The molecule has 37 heavy (non-hydrogen) atoms. The summed E-state index contributed by atoms with van der Waals surface area (Å²) in [5.41, 5.74) is 0.00930. The molecule has 0 N–H and O–H groups in total. The number of nitrogens with zero attached hydrogens (tertiary/aromatic N) is 4. The van der Waals surface area contributed by atoms with Crippen LogP contribution in [0.4, 0.5) is 5.69 Å². The average Bonchev–Trinajstić information content (AvgIpc) is 2.88. The van der Waals surface area contributed by atoms with Gasteiger partial charge in [-0.05, 0) is 44.5 Å². The molecule has 0 aliphatic heterocycles. The van der Waals surface area contributed by atoms with Crippen molar-refractivity contribution in [2.24, 2.45) is 5.10 Å². The van der Waals surface area contributed by atoms with E-state index in [0.717, 1.165) is 4.47 Å². The maximum atomic E-state index is 13.3. The lowest BCUT2D eigenvalue weighted by Gasteiger charge is -2.16.